The third kappa shape index (κ3) is 3.73. The standard InChI is InChI=1S/C17H22N4O2S/c1-12-11-19-16(24-12)17(2,3)20-15(22)14-10-13(4-5-18-14)21-6-8-23-9-7-21/h4-5,10-11H,6-9H2,1-3H3,(H,20,22). The molecule has 0 saturated carbocycles. The zero-order chi connectivity index (χ0) is 17.2. The van der Waals surface area contributed by atoms with Gasteiger partial charge in [-0.3, -0.25) is 9.78 Å². The van der Waals surface area contributed by atoms with Gasteiger partial charge in [0.25, 0.3) is 5.91 Å². The maximum Gasteiger partial charge on any atom is 0.270 e. The number of hydrogen-bond donors (Lipinski definition) is 1. The molecule has 0 unspecified atom stereocenters. The first-order chi connectivity index (χ1) is 11.5. The number of hydrogen-bond acceptors (Lipinski definition) is 6. The van der Waals surface area contributed by atoms with Crippen molar-refractivity contribution < 1.29 is 9.53 Å². The van der Waals surface area contributed by atoms with Gasteiger partial charge in [0.1, 0.15) is 10.7 Å². The fraction of sp³-hybridized carbons (Fsp3) is 0.471. The quantitative estimate of drug-likeness (QED) is 0.920. The fourth-order valence-corrected chi connectivity index (χ4v) is 3.43. The number of nitrogens with one attached hydrogen (secondary N) is 1. The van der Waals surface area contributed by atoms with E-state index in [1.165, 1.54) is 0 Å². The van der Waals surface area contributed by atoms with Crippen LogP contribution in [0.15, 0.2) is 24.5 Å². The molecule has 0 aliphatic carbocycles. The monoisotopic (exact) mass is 346 g/mol. The minimum absolute atomic E-state index is 0.192. The van der Waals surface area contributed by atoms with E-state index >= 15 is 0 Å². The summed E-state index contributed by atoms with van der Waals surface area (Å²) in [5.74, 6) is -0.192. The lowest BCUT2D eigenvalue weighted by Crippen LogP contribution is -2.41. The zero-order valence-electron chi connectivity index (χ0n) is 14.2. The predicted molar refractivity (Wildman–Crippen MR) is 94.6 cm³/mol. The van der Waals surface area contributed by atoms with Crippen molar-refractivity contribution in [3.63, 3.8) is 0 Å². The summed E-state index contributed by atoms with van der Waals surface area (Å²) in [4.78, 5) is 24.6. The van der Waals surface area contributed by atoms with E-state index in [0.29, 0.717) is 18.9 Å². The Kier molecular flexibility index (Phi) is 4.82. The molecular weight excluding hydrogens is 324 g/mol. The summed E-state index contributed by atoms with van der Waals surface area (Å²) in [5.41, 5.74) is 0.883. The number of anilines is 1. The number of nitrogens with zero attached hydrogens (tertiary/aromatic N) is 3. The maximum absolute atomic E-state index is 12.6. The van der Waals surface area contributed by atoms with E-state index in [2.05, 4.69) is 20.2 Å². The molecule has 1 aliphatic heterocycles. The van der Waals surface area contributed by atoms with Crippen LogP contribution in [-0.4, -0.2) is 42.2 Å². The van der Waals surface area contributed by atoms with Gasteiger partial charge in [0, 0.05) is 36.0 Å². The van der Waals surface area contributed by atoms with Gasteiger partial charge in [0.15, 0.2) is 0 Å². The highest BCUT2D eigenvalue weighted by molar-refractivity contribution is 7.11. The van der Waals surface area contributed by atoms with Crippen molar-refractivity contribution in [3.8, 4) is 0 Å². The molecule has 24 heavy (non-hydrogen) atoms. The van der Waals surface area contributed by atoms with Crippen LogP contribution in [0.4, 0.5) is 5.69 Å². The number of thiazole rings is 1. The average Bonchev–Trinajstić information content (AvgIpc) is 3.03. The smallest absolute Gasteiger partial charge is 0.270 e. The van der Waals surface area contributed by atoms with Crippen molar-refractivity contribution in [2.45, 2.75) is 26.3 Å². The second kappa shape index (κ2) is 6.86. The number of rotatable bonds is 4. The fourth-order valence-electron chi connectivity index (χ4n) is 2.61. The minimum Gasteiger partial charge on any atom is -0.378 e. The van der Waals surface area contributed by atoms with Gasteiger partial charge in [-0.15, -0.1) is 11.3 Å². The van der Waals surface area contributed by atoms with Gasteiger partial charge in [-0.1, -0.05) is 0 Å². The van der Waals surface area contributed by atoms with Crippen LogP contribution >= 0.6 is 11.3 Å². The molecule has 1 N–H and O–H groups in total. The van der Waals surface area contributed by atoms with Crippen molar-refractivity contribution in [3.05, 3.63) is 40.1 Å². The third-order valence-electron chi connectivity index (χ3n) is 3.93. The molecule has 1 amide bonds. The molecule has 3 rings (SSSR count). The number of aryl methyl sites for hydroxylation is 1. The molecule has 3 heterocycles. The highest BCUT2D eigenvalue weighted by Crippen LogP contribution is 2.25. The Morgan fingerprint density at radius 2 is 2.08 bits per heavy atom. The van der Waals surface area contributed by atoms with Crippen LogP contribution in [0.1, 0.15) is 34.2 Å². The van der Waals surface area contributed by atoms with Crippen LogP contribution in [0.3, 0.4) is 0 Å². The number of aromatic nitrogens is 2. The van der Waals surface area contributed by atoms with Crippen LogP contribution in [0, 0.1) is 6.92 Å². The molecule has 1 saturated heterocycles. The molecular formula is C17H22N4O2S. The summed E-state index contributed by atoms with van der Waals surface area (Å²) in [6.45, 7) is 8.99. The molecule has 2 aromatic heterocycles. The van der Waals surface area contributed by atoms with Crippen LogP contribution in [-0.2, 0) is 10.3 Å². The molecule has 2 aromatic rings. The zero-order valence-corrected chi connectivity index (χ0v) is 15.0. The Labute approximate surface area is 145 Å². The van der Waals surface area contributed by atoms with E-state index in [-0.39, 0.29) is 5.91 Å². The summed E-state index contributed by atoms with van der Waals surface area (Å²) in [7, 11) is 0. The third-order valence-corrected chi connectivity index (χ3v) is 5.17. The molecule has 0 aromatic carbocycles. The molecule has 1 fully saturated rings. The van der Waals surface area contributed by atoms with Gasteiger partial charge in [0.05, 0.1) is 18.8 Å². The Hall–Kier alpha value is -1.99. The summed E-state index contributed by atoms with van der Waals surface area (Å²) < 4.78 is 5.37. The molecule has 0 spiro atoms. The number of amides is 1. The van der Waals surface area contributed by atoms with Crippen molar-refractivity contribution in [2.24, 2.45) is 0 Å². The van der Waals surface area contributed by atoms with Crippen molar-refractivity contribution in [2.75, 3.05) is 31.2 Å². The Bertz CT molecular complexity index is 723. The van der Waals surface area contributed by atoms with E-state index in [0.717, 1.165) is 28.7 Å². The normalized spacial score (nSPS) is 15.4. The van der Waals surface area contributed by atoms with E-state index in [4.69, 9.17) is 4.74 Å². The summed E-state index contributed by atoms with van der Waals surface area (Å²) in [5, 5.41) is 3.92. The summed E-state index contributed by atoms with van der Waals surface area (Å²) in [6.07, 6.45) is 3.51. The topological polar surface area (TPSA) is 67.4 Å². The molecule has 6 nitrogen and oxygen atoms in total. The van der Waals surface area contributed by atoms with Crippen molar-refractivity contribution in [1.29, 1.82) is 0 Å². The van der Waals surface area contributed by atoms with E-state index < -0.39 is 5.54 Å². The number of morpholine rings is 1. The maximum atomic E-state index is 12.6. The molecule has 0 radical (unpaired) electrons. The highest BCUT2D eigenvalue weighted by Gasteiger charge is 2.27. The van der Waals surface area contributed by atoms with Crippen LogP contribution in [0.25, 0.3) is 0 Å². The average molecular weight is 346 g/mol. The highest BCUT2D eigenvalue weighted by atomic mass is 32.1. The van der Waals surface area contributed by atoms with Gasteiger partial charge in [-0.05, 0) is 32.9 Å². The van der Waals surface area contributed by atoms with E-state index in [1.807, 2.05) is 39.1 Å². The molecule has 1 aliphatic rings. The van der Waals surface area contributed by atoms with Crippen LogP contribution in [0.2, 0.25) is 0 Å². The Morgan fingerprint density at radius 3 is 2.75 bits per heavy atom. The molecule has 0 bridgehead atoms. The number of carbonyl (C=O) groups is 1. The van der Waals surface area contributed by atoms with Crippen molar-refractivity contribution in [1.82, 2.24) is 15.3 Å². The largest absolute Gasteiger partial charge is 0.378 e. The van der Waals surface area contributed by atoms with Crippen LogP contribution < -0.4 is 10.2 Å². The second-order valence-corrected chi connectivity index (χ2v) is 7.59. The summed E-state index contributed by atoms with van der Waals surface area (Å²) >= 11 is 1.59. The predicted octanol–water partition coefficient (Wildman–Crippen LogP) is 2.35. The van der Waals surface area contributed by atoms with Gasteiger partial charge in [0.2, 0.25) is 0 Å². The Morgan fingerprint density at radius 1 is 1.33 bits per heavy atom. The molecule has 7 heteroatoms. The first kappa shape index (κ1) is 16.9. The number of pyridine rings is 1. The van der Waals surface area contributed by atoms with E-state index in [1.54, 1.807) is 17.5 Å². The summed E-state index contributed by atoms with van der Waals surface area (Å²) in [6, 6.07) is 3.77. The molecule has 128 valence electrons. The lowest BCUT2D eigenvalue weighted by molar-refractivity contribution is 0.0906. The minimum atomic E-state index is -0.535. The first-order valence-corrected chi connectivity index (χ1v) is 8.81. The number of carbonyl (C=O) groups excluding carboxylic acids is 1. The van der Waals surface area contributed by atoms with Gasteiger partial charge in [-0.2, -0.15) is 0 Å². The van der Waals surface area contributed by atoms with E-state index in [9.17, 15) is 4.79 Å². The van der Waals surface area contributed by atoms with Gasteiger partial charge in [-0.25, -0.2) is 4.98 Å². The van der Waals surface area contributed by atoms with Crippen LogP contribution in [0.5, 0.6) is 0 Å². The lowest BCUT2D eigenvalue weighted by Gasteiger charge is -2.29. The first-order valence-electron chi connectivity index (χ1n) is 8.00. The van der Waals surface area contributed by atoms with Gasteiger partial charge >= 0.3 is 0 Å². The van der Waals surface area contributed by atoms with Crippen molar-refractivity contribution >= 4 is 22.9 Å². The lowest BCUT2D eigenvalue weighted by atomic mass is 10.1. The van der Waals surface area contributed by atoms with Gasteiger partial charge < -0.3 is 15.0 Å². The SMILES string of the molecule is Cc1cnc(C(C)(C)NC(=O)c2cc(N3CCOCC3)ccn2)s1. The molecule has 0 atom stereocenters. The number of ether oxygens (including phenoxy) is 1. The Balaban J connectivity index is 1.75. The second-order valence-electron chi connectivity index (χ2n) is 6.35.